The van der Waals surface area contributed by atoms with Crippen molar-refractivity contribution < 1.29 is 29.3 Å². The summed E-state index contributed by atoms with van der Waals surface area (Å²) in [7, 11) is 0. The Morgan fingerprint density at radius 2 is 1.41 bits per heavy atom. The molecular weight excluding hydrogens is 635 g/mol. The molecule has 2 aliphatic heterocycles. The second kappa shape index (κ2) is 11.3. The van der Waals surface area contributed by atoms with Gasteiger partial charge in [-0.1, -0.05) is 65.8 Å². The van der Waals surface area contributed by atoms with Gasteiger partial charge in [0.1, 0.15) is 5.82 Å². The molecule has 0 radical (unpaired) electrons. The van der Waals surface area contributed by atoms with Crippen molar-refractivity contribution in [3.8, 4) is 33.8 Å². The Bertz CT molecular complexity index is 2120. The Balaban J connectivity index is 0.00000351. The van der Waals surface area contributed by atoms with Crippen LogP contribution in [0.25, 0.3) is 22.3 Å². The summed E-state index contributed by atoms with van der Waals surface area (Å²) in [6, 6.07) is 44.7. The molecule has 44 heavy (non-hydrogen) atoms. The van der Waals surface area contributed by atoms with Crippen LogP contribution in [0.2, 0.25) is 0 Å². The van der Waals surface area contributed by atoms with Crippen LogP contribution in [0.15, 0.2) is 121 Å². The molecule has 3 heterocycles. The predicted octanol–water partition coefficient (Wildman–Crippen LogP) is 9.60. The Labute approximate surface area is 275 Å². The number of anilines is 6. The number of hydrogen-bond acceptors (Lipinski definition) is 5. The molecule has 1 aromatic heterocycles. The molecule has 0 saturated carbocycles. The average molecular weight is 665 g/mol. The third kappa shape index (κ3) is 4.73. The Morgan fingerprint density at radius 1 is 0.705 bits per heavy atom. The zero-order valence-electron chi connectivity index (χ0n) is 26.6. The van der Waals surface area contributed by atoms with Crippen LogP contribution in [0.5, 0.6) is 11.5 Å². The number of hydrogen-bond donors (Lipinski definition) is 0. The summed E-state index contributed by atoms with van der Waals surface area (Å²) in [4.78, 5) is 10.0. The maximum absolute atomic E-state index is 8.03. The molecule has 6 heteroatoms. The fourth-order valence-corrected chi connectivity index (χ4v) is 5.83. The van der Waals surface area contributed by atoms with E-state index in [0.29, 0.717) is 22.9 Å². The number of nitrogens with zero attached hydrogens (tertiary/aromatic N) is 4. The van der Waals surface area contributed by atoms with E-state index in [1.807, 2.05) is 65.7 Å². The summed E-state index contributed by atoms with van der Waals surface area (Å²) in [5.41, 5.74) is 9.26. The molecule has 8 rings (SSSR count). The first-order chi connectivity index (χ1) is 22.3. The van der Waals surface area contributed by atoms with E-state index in [1.165, 1.54) is 4.90 Å². The fraction of sp³-hybridized carbons (Fsp3) is 0.0526. The van der Waals surface area contributed by atoms with Crippen molar-refractivity contribution in [1.29, 1.82) is 0 Å². The van der Waals surface area contributed by atoms with E-state index in [4.69, 9.17) is 13.8 Å². The summed E-state index contributed by atoms with van der Waals surface area (Å²) in [6.45, 7) is 1.32. The molecule has 218 valence electrons. The van der Waals surface area contributed by atoms with E-state index in [0.717, 1.165) is 50.7 Å². The summed E-state index contributed by atoms with van der Waals surface area (Å²) in [5, 5.41) is 0. The summed E-state index contributed by atoms with van der Waals surface area (Å²) < 4.78 is 30.5. The molecule has 0 fully saturated rings. The van der Waals surface area contributed by atoms with E-state index >= 15 is 0 Å². The Kier molecular flexibility index (Phi) is 6.31. The molecule has 0 atom stereocenters. The van der Waals surface area contributed by atoms with Crippen molar-refractivity contribution >= 4 is 34.3 Å². The molecule has 0 spiro atoms. The standard InChI is InChI=1S/C38H27N4O.Pd/c1-26-20-21-39-38(22-26)42-34-15-6-5-14-32(34)30-12-3-4-13-31(30)33-19-18-29(24-37(33)42)43-28-11-9-10-27(23-28)41-25-40(2)35-16-7-8-17-36(35)41;/h3-22,25H,1-2H3;/q-3;/i2D3;. The summed E-state index contributed by atoms with van der Waals surface area (Å²) >= 11 is 0. The second-order valence-electron chi connectivity index (χ2n) is 10.5. The van der Waals surface area contributed by atoms with Gasteiger partial charge in [-0.3, -0.25) is 0 Å². The van der Waals surface area contributed by atoms with Gasteiger partial charge in [0.05, 0.1) is 5.69 Å². The Morgan fingerprint density at radius 3 is 2.20 bits per heavy atom. The molecule has 0 unspecified atom stereocenters. The number of ether oxygens (including phenoxy) is 1. The van der Waals surface area contributed by atoms with Gasteiger partial charge in [-0.25, -0.2) is 4.98 Å². The third-order valence-corrected chi connectivity index (χ3v) is 7.77. The van der Waals surface area contributed by atoms with Gasteiger partial charge in [0, 0.05) is 59.2 Å². The van der Waals surface area contributed by atoms with Crippen molar-refractivity contribution in [1.82, 2.24) is 4.98 Å². The molecule has 0 saturated heterocycles. The van der Waals surface area contributed by atoms with Gasteiger partial charge >= 0.3 is 0 Å². The molecule has 5 nitrogen and oxygen atoms in total. The largest absolute Gasteiger partial charge is 0.509 e. The minimum Gasteiger partial charge on any atom is -0.509 e. The van der Waals surface area contributed by atoms with Crippen molar-refractivity contribution in [2.24, 2.45) is 0 Å². The molecule has 2 aliphatic rings. The SMILES string of the molecule is [2H]C([2H])([2H])N1[CH-]N(c2[c-]c(Oc3[c-]c4c(cc3)-c3ccccc3-c3ccccc3N4c3cc(C)ccn3)ccc2)c2ccccc21.[Pd]. The molecule has 6 aromatic rings. The molecule has 5 aromatic carbocycles. The van der Waals surface area contributed by atoms with E-state index in [9.17, 15) is 0 Å². The van der Waals surface area contributed by atoms with Crippen LogP contribution < -0.4 is 19.4 Å². The average Bonchev–Trinajstić information content (AvgIpc) is 3.41. The number of pyridine rings is 1. The zero-order valence-corrected chi connectivity index (χ0v) is 25.2. The van der Waals surface area contributed by atoms with Gasteiger partial charge in [-0.05, 0) is 55.4 Å². The number of rotatable bonds is 4. The van der Waals surface area contributed by atoms with E-state index < -0.39 is 6.98 Å². The fourth-order valence-electron chi connectivity index (χ4n) is 5.83. The quantitative estimate of drug-likeness (QED) is 0.138. The smallest absolute Gasteiger partial charge is 0.135 e. The van der Waals surface area contributed by atoms with Crippen LogP contribution >= 0.6 is 0 Å². The maximum Gasteiger partial charge on any atom is 0.135 e. The van der Waals surface area contributed by atoms with Gasteiger partial charge in [0.25, 0.3) is 0 Å². The van der Waals surface area contributed by atoms with Gasteiger partial charge in [0.2, 0.25) is 0 Å². The number of benzene rings is 5. The van der Waals surface area contributed by atoms with Crippen LogP contribution in [0, 0.1) is 25.7 Å². The van der Waals surface area contributed by atoms with Gasteiger partial charge in [0.15, 0.2) is 0 Å². The van der Waals surface area contributed by atoms with Crippen molar-refractivity contribution in [3.63, 3.8) is 0 Å². The molecule has 0 aliphatic carbocycles. The molecular formula is C38H27N4OPd-3. The minimum atomic E-state index is -2.33. The van der Waals surface area contributed by atoms with Crippen molar-refractivity contribution in [2.45, 2.75) is 6.92 Å². The summed E-state index contributed by atoms with van der Waals surface area (Å²) in [5.74, 6) is 1.77. The van der Waals surface area contributed by atoms with E-state index in [-0.39, 0.29) is 20.4 Å². The van der Waals surface area contributed by atoms with Crippen molar-refractivity contribution in [3.05, 3.63) is 146 Å². The van der Waals surface area contributed by atoms with Crippen LogP contribution in [0.3, 0.4) is 0 Å². The topological polar surface area (TPSA) is 31.8 Å². The van der Waals surface area contributed by atoms with Crippen LogP contribution in [-0.4, -0.2) is 12.0 Å². The summed E-state index contributed by atoms with van der Waals surface area (Å²) in [6.07, 6.45) is 1.83. The predicted molar refractivity (Wildman–Crippen MR) is 174 cm³/mol. The normalized spacial score (nSPS) is 14.1. The van der Waals surface area contributed by atoms with E-state index in [1.54, 1.807) is 12.7 Å². The van der Waals surface area contributed by atoms with Gasteiger partial charge in [-0.2, -0.15) is 18.8 Å². The number of fused-ring (bicyclic) bond motifs is 6. The number of para-hydroxylation sites is 3. The van der Waals surface area contributed by atoms with Crippen LogP contribution in [0.1, 0.15) is 9.68 Å². The third-order valence-electron chi connectivity index (χ3n) is 7.77. The maximum atomic E-state index is 8.03. The van der Waals surface area contributed by atoms with Crippen LogP contribution in [-0.2, 0) is 20.4 Å². The first-order valence-electron chi connectivity index (χ1n) is 15.6. The second-order valence-corrected chi connectivity index (χ2v) is 10.5. The van der Waals surface area contributed by atoms with Crippen LogP contribution in [0.4, 0.5) is 34.3 Å². The zero-order chi connectivity index (χ0) is 31.4. The van der Waals surface area contributed by atoms with Crippen molar-refractivity contribution in [2.75, 3.05) is 21.7 Å². The molecule has 0 bridgehead atoms. The first kappa shape index (κ1) is 24.5. The number of aromatic nitrogens is 1. The first-order valence-corrected chi connectivity index (χ1v) is 14.1. The monoisotopic (exact) mass is 664 g/mol. The van der Waals surface area contributed by atoms with Gasteiger partial charge in [-0.15, -0.1) is 41.6 Å². The minimum absolute atomic E-state index is 0. The van der Waals surface area contributed by atoms with E-state index in [2.05, 4.69) is 78.6 Å². The number of aryl methyl sites for hydroxylation is 1. The van der Waals surface area contributed by atoms with Gasteiger partial charge < -0.3 is 19.4 Å². The molecule has 0 amide bonds. The molecule has 0 N–H and O–H groups in total. The Hall–Kier alpha value is -4.89.